The highest BCUT2D eigenvalue weighted by molar-refractivity contribution is 6.09. The number of azide groups is 1. The zero-order valence-electron chi connectivity index (χ0n) is 15.4. The largest absolute Gasteiger partial charge is 0.322 e. The quantitative estimate of drug-likeness (QED) is 0.360. The Morgan fingerprint density at radius 2 is 1.52 bits per heavy atom. The smallest absolute Gasteiger partial charge is 0.316 e. The first-order chi connectivity index (χ1) is 13.0. The third-order valence-electron chi connectivity index (χ3n) is 4.15. The van der Waals surface area contributed by atoms with E-state index in [1.807, 2.05) is 60.7 Å². The predicted molar refractivity (Wildman–Crippen MR) is 104 cm³/mol. The highest BCUT2D eigenvalue weighted by atomic mass is 16.2. The molecule has 1 heterocycles. The minimum atomic E-state index is -1.14. The molecule has 1 aliphatic rings. The molecule has 1 aliphatic heterocycles. The van der Waals surface area contributed by atoms with Crippen molar-refractivity contribution in [2.24, 2.45) is 11.0 Å². The molecule has 0 bridgehead atoms. The van der Waals surface area contributed by atoms with Gasteiger partial charge in [-0.1, -0.05) is 79.6 Å². The van der Waals surface area contributed by atoms with Crippen LogP contribution >= 0.6 is 0 Å². The first-order valence-corrected chi connectivity index (χ1v) is 8.76. The van der Waals surface area contributed by atoms with Crippen LogP contribution in [0.2, 0.25) is 0 Å². The lowest BCUT2D eigenvalue weighted by Crippen LogP contribution is -2.44. The number of carbonyl (C=O) groups excluding carboxylic acids is 2. The van der Waals surface area contributed by atoms with Gasteiger partial charge >= 0.3 is 6.03 Å². The molecule has 0 radical (unpaired) electrons. The fourth-order valence-corrected chi connectivity index (χ4v) is 2.77. The second-order valence-electron chi connectivity index (χ2n) is 6.53. The Morgan fingerprint density at radius 1 is 1.00 bits per heavy atom. The van der Waals surface area contributed by atoms with Gasteiger partial charge in [-0.05, 0) is 29.0 Å². The number of nitrogens with one attached hydrogen (secondary N) is 2. The molecule has 2 aromatic rings. The minimum absolute atomic E-state index is 0.352. The molecule has 3 rings (SSSR count). The van der Waals surface area contributed by atoms with Gasteiger partial charge in [0.15, 0.2) is 5.54 Å². The number of nitrogens with zero attached hydrogens (tertiary/aromatic N) is 3. The van der Waals surface area contributed by atoms with Crippen molar-refractivity contribution < 1.29 is 9.59 Å². The minimum Gasteiger partial charge on any atom is -0.316 e. The van der Waals surface area contributed by atoms with Crippen LogP contribution in [-0.2, 0) is 10.3 Å². The average molecular weight is 365 g/mol. The van der Waals surface area contributed by atoms with Gasteiger partial charge in [-0.15, -0.1) is 0 Å². The molecule has 2 N–H and O–H groups in total. The number of amides is 3. The summed E-state index contributed by atoms with van der Waals surface area (Å²) in [5.74, 6) is 0.287. The molecule has 27 heavy (non-hydrogen) atoms. The zero-order valence-corrected chi connectivity index (χ0v) is 15.4. The Bertz CT molecular complexity index is 775. The zero-order chi connectivity index (χ0) is 19.7. The Kier molecular flexibility index (Phi) is 6.97. The monoisotopic (exact) mass is 365 g/mol. The van der Waals surface area contributed by atoms with Gasteiger partial charge in [-0.3, -0.25) is 10.1 Å². The van der Waals surface area contributed by atoms with Crippen LogP contribution in [0, 0.1) is 5.92 Å². The van der Waals surface area contributed by atoms with Crippen LogP contribution in [0.15, 0.2) is 65.8 Å². The van der Waals surface area contributed by atoms with E-state index in [9.17, 15) is 9.59 Å². The summed E-state index contributed by atoms with van der Waals surface area (Å²) in [7, 11) is 0. The average Bonchev–Trinajstić information content (AvgIpc) is 2.99. The van der Waals surface area contributed by atoms with E-state index in [0.29, 0.717) is 12.5 Å². The summed E-state index contributed by atoms with van der Waals surface area (Å²) in [6.07, 6.45) is 0.990. The van der Waals surface area contributed by atoms with Gasteiger partial charge in [0.2, 0.25) is 0 Å². The van der Waals surface area contributed by atoms with E-state index in [4.69, 9.17) is 5.53 Å². The third kappa shape index (κ3) is 4.86. The van der Waals surface area contributed by atoms with Crippen molar-refractivity contribution in [1.29, 1.82) is 0 Å². The summed E-state index contributed by atoms with van der Waals surface area (Å²) in [5, 5.41) is 8.46. The molecule has 0 saturated carbocycles. The molecule has 0 atom stereocenters. The summed E-state index contributed by atoms with van der Waals surface area (Å²) < 4.78 is 0. The third-order valence-corrected chi connectivity index (χ3v) is 4.15. The van der Waals surface area contributed by atoms with E-state index in [2.05, 4.69) is 34.5 Å². The Balaban J connectivity index is 0.000000279. The van der Waals surface area contributed by atoms with Gasteiger partial charge < -0.3 is 5.32 Å². The summed E-state index contributed by atoms with van der Waals surface area (Å²) in [5.41, 5.74) is 8.18. The Labute approximate surface area is 158 Å². The summed E-state index contributed by atoms with van der Waals surface area (Å²) in [6, 6.07) is 18.0. The van der Waals surface area contributed by atoms with Crippen molar-refractivity contribution in [1.82, 2.24) is 10.6 Å². The molecule has 140 valence electrons. The van der Waals surface area contributed by atoms with Gasteiger partial charge in [-0.2, -0.15) is 0 Å². The number of benzene rings is 2. The SMILES string of the molecule is CC(C)CCN=[N+]=[N-].O=C1NC(=O)C(c2ccccc2)(c2ccccc2)N1. The molecular formula is C20H23N5O2. The number of carbonyl (C=O) groups is 2. The molecule has 3 amide bonds. The van der Waals surface area contributed by atoms with Crippen LogP contribution in [0.1, 0.15) is 31.4 Å². The molecule has 1 fully saturated rings. The van der Waals surface area contributed by atoms with Crippen molar-refractivity contribution in [3.05, 3.63) is 82.2 Å². The van der Waals surface area contributed by atoms with Crippen LogP contribution in [0.25, 0.3) is 10.4 Å². The molecule has 0 spiro atoms. The normalized spacial score (nSPS) is 14.5. The van der Waals surface area contributed by atoms with Gasteiger partial charge in [0.05, 0.1) is 0 Å². The maximum atomic E-state index is 12.3. The molecule has 1 saturated heterocycles. The predicted octanol–water partition coefficient (Wildman–Crippen LogP) is 4.11. The van der Waals surface area contributed by atoms with Gasteiger partial charge in [0.1, 0.15) is 0 Å². The fraction of sp³-hybridized carbons (Fsp3) is 0.300. The van der Waals surface area contributed by atoms with Crippen LogP contribution in [-0.4, -0.2) is 18.5 Å². The number of hydrogen-bond donors (Lipinski definition) is 2. The van der Waals surface area contributed by atoms with Crippen molar-refractivity contribution in [2.45, 2.75) is 25.8 Å². The number of urea groups is 1. The number of hydrogen-bond acceptors (Lipinski definition) is 3. The first kappa shape index (κ1) is 20.0. The lowest BCUT2D eigenvalue weighted by atomic mass is 9.83. The van der Waals surface area contributed by atoms with Crippen LogP contribution < -0.4 is 10.6 Å². The van der Waals surface area contributed by atoms with Crippen molar-refractivity contribution in [2.75, 3.05) is 6.54 Å². The summed E-state index contributed by atoms with van der Waals surface area (Å²) >= 11 is 0. The highest BCUT2D eigenvalue weighted by Crippen LogP contribution is 2.32. The molecular weight excluding hydrogens is 342 g/mol. The van der Waals surface area contributed by atoms with E-state index < -0.39 is 11.6 Å². The Hall–Kier alpha value is -3.31. The van der Waals surface area contributed by atoms with Crippen LogP contribution in [0.4, 0.5) is 4.79 Å². The Morgan fingerprint density at radius 3 is 1.89 bits per heavy atom. The first-order valence-electron chi connectivity index (χ1n) is 8.76. The number of rotatable bonds is 5. The van der Waals surface area contributed by atoms with Crippen molar-refractivity contribution in [3.63, 3.8) is 0 Å². The number of imide groups is 1. The van der Waals surface area contributed by atoms with E-state index in [1.54, 1.807) is 0 Å². The second kappa shape index (κ2) is 9.40. The summed E-state index contributed by atoms with van der Waals surface area (Å²) in [6.45, 7) is 4.84. The fourth-order valence-electron chi connectivity index (χ4n) is 2.77. The summed E-state index contributed by atoms with van der Waals surface area (Å²) in [4.78, 5) is 26.5. The lowest BCUT2D eigenvalue weighted by Gasteiger charge is -2.27. The maximum Gasteiger partial charge on any atom is 0.322 e. The maximum absolute atomic E-state index is 12.3. The van der Waals surface area contributed by atoms with E-state index in [0.717, 1.165) is 17.5 Å². The second-order valence-corrected chi connectivity index (χ2v) is 6.53. The highest BCUT2D eigenvalue weighted by Gasteiger charge is 2.48. The standard InChI is InChI=1S/C15H12N2O2.C5H11N3/c18-13-15(17-14(19)16-13,11-7-3-1-4-8-11)12-9-5-2-6-10-12;1-5(2)3-4-7-8-6/h1-10H,(H2,16,17,18,19);5H,3-4H2,1-2H3. The van der Waals surface area contributed by atoms with Crippen LogP contribution in [0.3, 0.4) is 0 Å². The molecule has 7 nitrogen and oxygen atoms in total. The van der Waals surface area contributed by atoms with Crippen molar-refractivity contribution >= 4 is 11.9 Å². The van der Waals surface area contributed by atoms with Crippen molar-refractivity contribution in [3.8, 4) is 0 Å². The topological polar surface area (TPSA) is 107 Å². The van der Waals surface area contributed by atoms with Gasteiger partial charge in [0.25, 0.3) is 5.91 Å². The van der Waals surface area contributed by atoms with Gasteiger partial charge in [-0.25, -0.2) is 4.79 Å². The lowest BCUT2D eigenvalue weighted by molar-refractivity contribution is -0.122. The molecule has 7 heteroatoms. The molecule has 0 unspecified atom stereocenters. The van der Waals surface area contributed by atoms with Crippen LogP contribution in [0.5, 0.6) is 0 Å². The van der Waals surface area contributed by atoms with E-state index in [1.165, 1.54) is 0 Å². The molecule has 0 aromatic heterocycles. The van der Waals surface area contributed by atoms with E-state index in [-0.39, 0.29) is 5.91 Å². The molecule has 0 aliphatic carbocycles. The van der Waals surface area contributed by atoms with E-state index >= 15 is 0 Å². The van der Waals surface area contributed by atoms with Gasteiger partial charge in [0, 0.05) is 11.5 Å². The molecule has 2 aromatic carbocycles.